The first kappa shape index (κ1) is 13.9. The summed E-state index contributed by atoms with van der Waals surface area (Å²) < 4.78 is 0. The second-order valence-electron chi connectivity index (χ2n) is 5.40. The minimum absolute atomic E-state index is 0.105. The Morgan fingerprint density at radius 2 is 1.62 bits per heavy atom. The molecule has 1 rings (SSSR count). The molecular formula is C13H22NPS. The van der Waals surface area contributed by atoms with E-state index < -0.39 is 6.19 Å². The summed E-state index contributed by atoms with van der Waals surface area (Å²) in [5, 5.41) is 5.03. The third kappa shape index (κ3) is 2.94. The molecule has 0 aromatic heterocycles. The van der Waals surface area contributed by atoms with Gasteiger partial charge in [0.25, 0.3) is 0 Å². The van der Waals surface area contributed by atoms with Crippen molar-refractivity contribution in [2.75, 3.05) is 0 Å². The second kappa shape index (κ2) is 5.00. The smallest absolute Gasteiger partial charge is 0.0457 e. The molecule has 0 radical (unpaired) electrons. The molecule has 0 bridgehead atoms. The van der Waals surface area contributed by atoms with Crippen LogP contribution in [0.2, 0.25) is 0 Å². The normalized spacial score (nSPS) is 16.1. The Morgan fingerprint density at radius 3 is 2.00 bits per heavy atom. The molecule has 0 amide bonds. The predicted molar refractivity (Wildman–Crippen MR) is 78.4 cm³/mol. The lowest BCUT2D eigenvalue weighted by Gasteiger charge is -2.37. The summed E-state index contributed by atoms with van der Waals surface area (Å²) in [6.07, 6.45) is -1.73. The highest BCUT2D eigenvalue weighted by Crippen LogP contribution is 2.53. The van der Waals surface area contributed by atoms with Crippen LogP contribution in [-0.4, -0.2) is 11.2 Å². The highest BCUT2D eigenvalue weighted by Gasteiger charge is 2.33. The van der Waals surface area contributed by atoms with Crippen LogP contribution in [0.4, 0.5) is 0 Å². The molecule has 1 nitrogen and oxygen atoms in total. The summed E-state index contributed by atoms with van der Waals surface area (Å²) in [4.78, 5) is 0. The molecule has 0 heterocycles. The lowest BCUT2D eigenvalue weighted by molar-refractivity contribution is 0.714. The van der Waals surface area contributed by atoms with Crippen LogP contribution in [-0.2, 0) is 11.8 Å². The Labute approximate surface area is 105 Å². The van der Waals surface area contributed by atoms with Crippen LogP contribution >= 0.6 is 6.19 Å². The Balaban J connectivity index is 3.22. The summed E-state index contributed by atoms with van der Waals surface area (Å²) in [5.41, 5.74) is 0. The Morgan fingerprint density at radius 1 is 1.12 bits per heavy atom. The number of benzene rings is 1. The Bertz CT molecular complexity index is 379. The molecular weight excluding hydrogens is 233 g/mol. The molecule has 0 saturated carbocycles. The van der Waals surface area contributed by atoms with Crippen molar-refractivity contribution < 1.29 is 0 Å². The molecule has 0 aliphatic heterocycles. The lowest BCUT2D eigenvalue weighted by Crippen LogP contribution is -2.35. The molecule has 0 saturated heterocycles. The zero-order valence-electron chi connectivity index (χ0n) is 10.8. The summed E-state index contributed by atoms with van der Waals surface area (Å²) in [6, 6.07) is 10.9. The summed E-state index contributed by atoms with van der Waals surface area (Å²) in [6.45, 7) is 11.0. The van der Waals surface area contributed by atoms with E-state index in [1.807, 2.05) is 6.07 Å². The summed E-state index contributed by atoms with van der Waals surface area (Å²) in [5.74, 6) is 0. The van der Waals surface area contributed by atoms with E-state index >= 15 is 0 Å². The van der Waals surface area contributed by atoms with Gasteiger partial charge in [0.2, 0.25) is 0 Å². The Kier molecular flexibility index (Phi) is 4.34. The fraction of sp³-hybridized carbons (Fsp3) is 0.538. The number of rotatable bonds is 3. The van der Waals surface area contributed by atoms with Gasteiger partial charge in [0, 0.05) is 17.4 Å². The van der Waals surface area contributed by atoms with Gasteiger partial charge in [-0.05, 0) is 19.2 Å². The number of nitrogens with one attached hydrogen (secondary N) is 1. The van der Waals surface area contributed by atoms with Crippen LogP contribution in [0, 0.1) is 0 Å². The topological polar surface area (TPSA) is 12.0 Å². The van der Waals surface area contributed by atoms with Crippen LogP contribution < -0.4 is 10.4 Å². The highest BCUT2D eigenvalue weighted by atomic mass is 32.4. The first-order chi connectivity index (χ1) is 7.27. The zero-order chi connectivity index (χ0) is 12.4. The van der Waals surface area contributed by atoms with Crippen LogP contribution in [0.15, 0.2) is 30.3 Å². The van der Waals surface area contributed by atoms with Crippen molar-refractivity contribution in [1.82, 2.24) is 5.09 Å². The van der Waals surface area contributed by atoms with Gasteiger partial charge in [0.15, 0.2) is 0 Å². The first-order valence-electron chi connectivity index (χ1n) is 5.71. The zero-order valence-corrected chi connectivity index (χ0v) is 12.5. The largest absolute Gasteiger partial charge is 0.282 e. The third-order valence-corrected chi connectivity index (χ3v) is 8.89. The van der Waals surface area contributed by atoms with Crippen molar-refractivity contribution in [2.45, 2.75) is 45.8 Å². The predicted octanol–water partition coefficient (Wildman–Crippen LogP) is 3.50. The molecule has 1 aromatic carbocycles. The third-order valence-electron chi connectivity index (χ3n) is 2.50. The monoisotopic (exact) mass is 255 g/mol. The number of hydrogen-bond donors (Lipinski definition) is 1. The van der Waals surface area contributed by atoms with Gasteiger partial charge in [-0.15, -0.1) is 0 Å². The molecule has 1 atom stereocenters. The van der Waals surface area contributed by atoms with Crippen molar-refractivity contribution in [1.29, 1.82) is 0 Å². The first-order valence-corrected chi connectivity index (χ1v) is 8.51. The molecule has 3 heteroatoms. The van der Waals surface area contributed by atoms with Crippen LogP contribution in [0.5, 0.6) is 0 Å². The SMILES string of the molecule is CC(C)NP(=S)(c1ccccc1)C(C)(C)C. The van der Waals surface area contributed by atoms with E-state index in [4.69, 9.17) is 11.8 Å². The van der Waals surface area contributed by atoms with Gasteiger partial charge in [0.1, 0.15) is 0 Å². The molecule has 0 aliphatic carbocycles. The average Bonchev–Trinajstić information content (AvgIpc) is 2.16. The van der Waals surface area contributed by atoms with E-state index in [9.17, 15) is 0 Å². The van der Waals surface area contributed by atoms with Crippen molar-refractivity contribution in [2.24, 2.45) is 0 Å². The van der Waals surface area contributed by atoms with Crippen molar-refractivity contribution in [3.8, 4) is 0 Å². The molecule has 0 fully saturated rings. The van der Waals surface area contributed by atoms with Gasteiger partial charge >= 0.3 is 0 Å². The lowest BCUT2D eigenvalue weighted by atomic mass is 10.3. The molecule has 90 valence electrons. The molecule has 0 spiro atoms. The van der Waals surface area contributed by atoms with Gasteiger partial charge in [-0.3, -0.25) is 5.09 Å². The van der Waals surface area contributed by atoms with Gasteiger partial charge < -0.3 is 0 Å². The molecule has 0 aliphatic rings. The maximum atomic E-state index is 5.98. The molecule has 1 aromatic rings. The molecule has 1 N–H and O–H groups in total. The Hall–Kier alpha value is -0.170. The van der Waals surface area contributed by atoms with E-state index in [-0.39, 0.29) is 5.16 Å². The fourth-order valence-electron chi connectivity index (χ4n) is 1.66. The summed E-state index contributed by atoms with van der Waals surface area (Å²) >= 11 is 5.98. The maximum absolute atomic E-state index is 5.98. The van der Waals surface area contributed by atoms with Gasteiger partial charge in [-0.25, -0.2) is 0 Å². The fourth-order valence-corrected chi connectivity index (χ4v) is 5.28. The van der Waals surface area contributed by atoms with E-state index in [2.05, 4.69) is 64.0 Å². The van der Waals surface area contributed by atoms with E-state index in [1.54, 1.807) is 0 Å². The maximum Gasteiger partial charge on any atom is 0.0457 e. The minimum atomic E-state index is -1.73. The van der Waals surface area contributed by atoms with Crippen molar-refractivity contribution >= 4 is 23.3 Å². The molecule has 1 unspecified atom stereocenters. The van der Waals surface area contributed by atoms with Crippen LogP contribution in [0.3, 0.4) is 0 Å². The van der Waals surface area contributed by atoms with Crippen LogP contribution in [0.25, 0.3) is 0 Å². The van der Waals surface area contributed by atoms with E-state index in [0.717, 1.165) is 0 Å². The second-order valence-corrected chi connectivity index (χ2v) is 10.4. The van der Waals surface area contributed by atoms with Crippen LogP contribution in [0.1, 0.15) is 34.6 Å². The van der Waals surface area contributed by atoms with E-state index in [0.29, 0.717) is 6.04 Å². The van der Waals surface area contributed by atoms with Crippen molar-refractivity contribution in [3.63, 3.8) is 0 Å². The van der Waals surface area contributed by atoms with Gasteiger partial charge in [0.05, 0.1) is 0 Å². The average molecular weight is 255 g/mol. The number of hydrogen-bond acceptors (Lipinski definition) is 1. The van der Waals surface area contributed by atoms with Gasteiger partial charge in [-0.2, -0.15) is 0 Å². The quantitative estimate of drug-likeness (QED) is 0.830. The van der Waals surface area contributed by atoms with E-state index in [1.165, 1.54) is 5.30 Å². The summed E-state index contributed by atoms with van der Waals surface area (Å²) in [7, 11) is 0. The standard InChI is InChI=1S/C13H22NPS/c1-11(2)14-15(16,13(3,4)5)12-9-7-6-8-10-12/h6-11H,1-5H3,(H,14,16). The minimum Gasteiger partial charge on any atom is -0.282 e. The van der Waals surface area contributed by atoms with Gasteiger partial charge in [-0.1, -0.05) is 62.9 Å². The van der Waals surface area contributed by atoms with Crippen molar-refractivity contribution in [3.05, 3.63) is 30.3 Å². The highest BCUT2D eigenvalue weighted by molar-refractivity contribution is 8.18. The molecule has 16 heavy (non-hydrogen) atoms.